The molecule has 21 heavy (non-hydrogen) atoms. The predicted octanol–water partition coefficient (Wildman–Crippen LogP) is 4.43. The zero-order chi connectivity index (χ0) is 15.2. The molecule has 4 heteroatoms. The van der Waals surface area contributed by atoms with Crippen molar-refractivity contribution in [2.45, 2.75) is 13.5 Å². The summed E-state index contributed by atoms with van der Waals surface area (Å²) < 4.78 is 6.57. The van der Waals surface area contributed by atoms with Gasteiger partial charge in [0.05, 0.1) is 4.47 Å². The fourth-order valence-electron chi connectivity index (χ4n) is 1.87. The monoisotopic (exact) mass is 346 g/mol. The molecule has 2 rings (SSSR count). The maximum atomic E-state index is 10.5. The van der Waals surface area contributed by atoms with Crippen LogP contribution < -0.4 is 4.74 Å². The minimum Gasteiger partial charge on any atom is -0.488 e. The van der Waals surface area contributed by atoms with Crippen molar-refractivity contribution in [2.75, 3.05) is 0 Å². The van der Waals surface area contributed by atoms with Gasteiger partial charge >= 0.3 is 5.97 Å². The molecule has 1 N–H and O–H groups in total. The molecule has 0 bridgehead atoms. The van der Waals surface area contributed by atoms with Gasteiger partial charge in [-0.15, -0.1) is 0 Å². The van der Waals surface area contributed by atoms with Gasteiger partial charge in [-0.3, -0.25) is 0 Å². The number of benzene rings is 2. The van der Waals surface area contributed by atoms with Crippen LogP contribution in [0.25, 0.3) is 6.08 Å². The fraction of sp³-hybridized carbons (Fsp3) is 0.118. The van der Waals surface area contributed by atoms with E-state index in [0.717, 1.165) is 27.4 Å². The van der Waals surface area contributed by atoms with E-state index < -0.39 is 5.97 Å². The molecule has 2 aromatic rings. The summed E-state index contributed by atoms with van der Waals surface area (Å²) in [5.41, 5.74) is 3.10. The molecule has 0 radical (unpaired) electrons. The second kappa shape index (κ2) is 7.09. The van der Waals surface area contributed by atoms with Crippen LogP contribution in [0.1, 0.15) is 16.7 Å². The number of hydrogen-bond donors (Lipinski definition) is 1. The SMILES string of the molecule is Cc1cccc(COc2ccc(C=CC(=O)O)cc2Br)c1. The third-order valence-corrected chi connectivity index (χ3v) is 3.47. The van der Waals surface area contributed by atoms with E-state index in [9.17, 15) is 4.79 Å². The van der Waals surface area contributed by atoms with Crippen molar-refractivity contribution in [3.8, 4) is 5.75 Å². The van der Waals surface area contributed by atoms with Crippen LogP contribution >= 0.6 is 15.9 Å². The van der Waals surface area contributed by atoms with E-state index in [4.69, 9.17) is 9.84 Å². The molecule has 0 spiro atoms. The molecule has 0 aliphatic rings. The minimum atomic E-state index is -0.967. The van der Waals surface area contributed by atoms with E-state index in [0.29, 0.717) is 6.61 Å². The topological polar surface area (TPSA) is 46.5 Å². The Labute approximate surface area is 132 Å². The first-order chi connectivity index (χ1) is 10.0. The zero-order valence-corrected chi connectivity index (χ0v) is 13.1. The van der Waals surface area contributed by atoms with E-state index >= 15 is 0 Å². The molecule has 0 aliphatic heterocycles. The van der Waals surface area contributed by atoms with Crippen LogP contribution in [0, 0.1) is 6.92 Å². The molecule has 0 heterocycles. The van der Waals surface area contributed by atoms with Crippen molar-refractivity contribution in [1.29, 1.82) is 0 Å². The molecule has 108 valence electrons. The Morgan fingerprint density at radius 1 is 1.29 bits per heavy atom. The van der Waals surface area contributed by atoms with Crippen molar-refractivity contribution < 1.29 is 14.6 Å². The van der Waals surface area contributed by atoms with Crippen LogP contribution in [-0.4, -0.2) is 11.1 Å². The Kier molecular flexibility index (Phi) is 5.17. The number of rotatable bonds is 5. The highest BCUT2D eigenvalue weighted by Crippen LogP contribution is 2.27. The molecule has 2 aromatic carbocycles. The van der Waals surface area contributed by atoms with Crippen LogP contribution in [0.2, 0.25) is 0 Å². The van der Waals surface area contributed by atoms with Crippen molar-refractivity contribution >= 4 is 28.0 Å². The van der Waals surface area contributed by atoms with Gasteiger partial charge < -0.3 is 9.84 Å². The van der Waals surface area contributed by atoms with Gasteiger partial charge in [-0.2, -0.15) is 0 Å². The average Bonchev–Trinajstić information content (AvgIpc) is 2.44. The summed E-state index contributed by atoms with van der Waals surface area (Å²) in [6.45, 7) is 2.54. The normalized spacial score (nSPS) is 10.8. The third kappa shape index (κ3) is 4.76. The Bertz CT molecular complexity index is 677. The van der Waals surface area contributed by atoms with Crippen LogP contribution in [0.3, 0.4) is 0 Å². The largest absolute Gasteiger partial charge is 0.488 e. The van der Waals surface area contributed by atoms with E-state index in [-0.39, 0.29) is 0 Å². The standard InChI is InChI=1S/C17H15BrO3/c1-12-3-2-4-14(9-12)11-21-16-7-5-13(10-15(16)18)6-8-17(19)20/h2-10H,11H2,1H3,(H,19,20). The molecule has 0 fully saturated rings. The van der Waals surface area contributed by atoms with Gasteiger partial charge in [0.15, 0.2) is 0 Å². The molecule has 0 aromatic heterocycles. The predicted molar refractivity (Wildman–Crippen MR) is 86.3 cm³/mol. The van der Waals surface area contributed by atoms with Crippen molar-refractivity contribution in [3.05, 3.63) is 69.7 Å². The van der Waals surface area contributed by atoms with Gasteiger partial charge in [0.25, 0.3) is 0 Å². The molecule has 0 aliphatic carbocycles. The number of halogens is 1. The summed E-state index contributed by atoms with van der Waals surface area (Å²) >= 11 is 3.44. The van der Waals surface area contributed by atoms with Gasteiger partial charge in [-0.25, -0.2) is 4.79 Å². The Hall–Kier alpha value is -2.07. The molecule has 3 nitrogen and oxygen atoms in total. The minimum absolute atomic E-state index is 0.491. The van der Waals surface area contributed by atoms with Crippen molar-refractivity contribution in [3.63, 3.8) is 0 Å². The third-order valence-electron chi connectivity index (χ3n) is 2.85. The average molecular weight is 347 g/mol. The van der Waals surface area contributed by atoms with E-state index in [2.05, 4.69) is 22.0 Å². The van der Waals surface area contributed by atoms with E-state index in [1.807, 2.05) is 43.3 Å². The lowest BCUT2D eigenvalue weighted by molar-refractivity contribution is -0.131. The van der Waals surface area contributed by atoms with Crippen LogP contribution in [0.4, 0.5) is 0 Å². The number of hydrogen-bond acceptors (Lipinski definition) is 2. The van der Waals surface area contributed by atoms with Gasteiger partial charge in [0.2, 0.25) is 0 Å². The van der Waals surface area contributed by atoms with Crippen molar-refractivity contribution in [1.82, 2.24) is 0 Å². The Morgan fingerprint density at radius 3 is 2.76 bits per heavy atom. The second-order valence-electron chi connectivity index (χ2n) is 4.64. The number of carbonyl (C=O) groups is 1. The summed E-state index contributed by atoms with van der Waals surface area (Å²) in [4.78, 5) is 10.5. The number of aryl methyl sites for hydroxylation is 1. The number of aliphatic carboxylic acids is 1. The summed E-state index contributed by atoms with van der Waals surface area (Å²) in [6, 6.07) is 13.6. The van der Waals surface area contributed by atoms with E-state index in [1.54, 1.807) is 0 Å². The fourth-order valence-corrected chi connectivity index (χ4v) is 2.38. The number of ether oxygens (including phenoxy) is 1. The molecule has 0 amide bonds. The summed E-state index contributed by atoms with van der Waals surface area (Å²) in [7, 11) is 0. The number of carboxylic acids is 1. The Balaban J connectivity index is 2.06. The smallest absolute Gasteiger partial charge is 0.328 e. The highest BCUT2D eigenvalue weighted by atomic mass is 79.9. The van der Waals surface area contributed by atoms with Gasteiger partial charge in [0.1, 0.15) is 12.4 Å². The summed E-state index contributed by atoms with van der Waals surface area (Å²) in [6.07, 6.45) is 2.65. The van der Waals surface area contributed by atoms with Gasteiger partial charge in [-0.1, -0.05) is 35.9 Å². The molecular formula is C17H15BrO3. The quantitative estimate of drug-likeness (QED) is 0.814. The molecule has 0 saturated carbocycles. The molecule has 0 atom stereocenters. The zero-order valence-electron chi connectivity index (χ0n) is 11.5. The molecule has 0 unspecified atom stereocenters. The van der Waals surface area contributed by atoms with Gasteiger partial charge in [0, 0.05) is 6.08 Å². The first kappa shape index (κ1) is 15.3. The van der Waals surface area contributed by atoms with E-state index in [1.165, 1.54) is 11.6 Å². The van der Waals surface area contributed by atoms with Crippen LogP contribution in [-0.2, 0) is 11.4 Å². The first-order valence-electron chi connectivity index (χ1n) is 6.43. The number of carboxylic acid groups (broad SMARTS) is 1. The van der Waals surface area contributed by atoms with Crippen molar-refractivity contribution in [2.24, 2.45) is 0 Å². The highest BCUT2D eigenvalue weighted by molar-refractivity contribution is 9.10. The van der Waals surface area contributed by atoms with Gasteiger partial charge in [-0.05, 0) is 52.2 Å². The second-order valence-corrected chi connectivity index (χ2v) is 5.49. The first-order valence-corrected chi connectivity index (χ1v) is 7.23. The lowest BCUT2D eigenvalue weighted by Crippen LogP contribution is -1.96. The maximum Gasteiger partial charge on any atom is 0.328 e. The maximum absolute atomic E-state index is 10.5. The van der Waals surface area contributed by atoms with Crippen LogP contribution in [0.5, 0.6) is 5.75 Å². The van der Waals surface area contributed by atoms with Crippen LogP contribution in [0.15, 0.2) is 53.0 Å². The lowest BCUT2D eigenvalue weighted by atomic mass is 10.1. The lowest BCUT2D eigenvalue weighted by Gasteiger charge is -2.09. The molecular weight excluding hydrogens is 332 g/mol. The molecule has 0 saturated heterocycles. The Morgan fingerprint density at radius 2 is 2.10 bits per heavy atom. The summed E-state index contributed by atoms with van der Waals surface area (Å²) in [5, 5.41) is 8.61. The highest BCUT2D eigenvalue weighted by Gasteiger charge is 2.03. The summed E-state index contributed by atoms with van der Waals surface area (Å²) in [5.74, 6) is -0.241.